The average Bonchev–Trinajstić information content (AvgIpc) is 3.38. The van der Waals surface area contributed by atoms with Crippen LogP contribution in [0.3, 0.4) is 0 Å². The molecule has 0 spiro atoms. The van der Waals surface area contributed by atoms with Crippen LogP contribution in [0.2, 0.25) is 0 Å². The molecule has 81 heavy (non-hydrogen) atoms. The van der Waals surface area contributed by atoms with Crippen molar-refractivity contribution in [3.63, 3.8) is 0 Å². The minimum atomic E-state index is -0.654. The first-order valence-corrected chi connectivity index (χ1v) is 32.5. The normalized spacial score (nSPS) is 12.5. The standard InChI is InChI=1S/C24H34NP.2C23H33N2P.2CH3.Zr/c1-23(2,3)18-17-22(25-19-24(4,5)6)26(20-13-9-7-10-14-20)21-15-11-8-12-16-21;2*1-22(2,3)17-24-21(25-18-23(4,5)6)26(19-13-9-7-10-14-19)20-15-11-8-12-16-20;;;/h7-16H,17-19H2,1-6H3;2*7-16,21H,17-18H2,1-6H3;2*1H3;/q;2*-2;2*-1;. The minimum Gasteiger partial charge on any atom is -0.673 e. The molecule has 0 saturated heterocycles. The molecule has 9 heteroatoms. The van der Waals surface area contributed by atoms with Crippen molar-refractivity contribution in [1.29, 1.82) is 0 Å². The van der Waals surface area contributed by atoms with Gasteiger partial charge < -0.3 is 36.1 Å². The number of rotatable bonds is 20. The molecule has 0 amide bonds. The third-order valence-electron chi connectivity index (χ3n) is 11.6. The number of aliphatic imine (C=N–C) groups is 1. The smallest absolute Gasteiger partial charge is 0.0443 e. The van der Waals surface area contributed by atoms with Crippen LogP contribution in [-0.4, -0.2) is 50.0 Å². The van der Waals surface area contributed by atoms with Crippen LogP contribution in [0.5, 0.6) is 0 Å². The maximum absolute atomic E-state index is 5.20. The monoisotopic (exact) mass is 1220 g/mol. The fraction of sp³-hybridized carbons (Fsp3) is 0.458. The van der Waals surface area contributed by atoms with E-state index in [4.69, 9.17) is 26.3 Å². The first-order valence-electron chi connectivity index (χ1n) is 28.4. The Balaban J connectivity index is 0.000000596. The van der Waals surface area contributed by atoms with E-state index in [1.54, 1.807) is 0 Å². The van der Waals surface area contributed by atoms with Crippen LogP contribution in [0, 0.1) is 47.3 Å². The van der Waals surface area contributed by atoms with Crippen molar-refractivity contribution in [2.45, 2.75) is 149 Å². The van der Waals surface area contributed by atoms with E-state index in [1.165, 1.54) is 37.3 Å². The molecule has 6 aromatic rings. The Hall–Kier alpha value is -3.00. The molecule has 0 unspecified atom stereocenters. The summed E-state index contributed by atoms with van der Waals surface area (Å²) in [4.78, 5) is 5.20. The molecule has 0 fully saturated rings. The van der Waals surface area contributed by atoms with Gasteiger partial charge in [0.1, 0.15) is 0 Å². The van der Waals surface area contributed by atoms with E-state index in [9.17, 15) is 0 Å². The van der Waals surface area contributed by atoms with Gasteiger partial charge in [-0.05, 0) is 55.5 Å². The van der Waals surface area contributed by atoms with E-state index >= 15 is 0 Å². The molecule has 444 valence electrons. The first-order chi connectivity index (χ1) is 36.5. The van der Waals surface area contributed by atoms with E-state index in [0.29, 0.717) is 5.41 Å². The van der Waals surface area contributed by atoms with E-state index in [2.05, 4.69) is 307 Å². The molecule has 0 bridgehead atoms. The first kappa shape index (κ1) is 76.0. The third kappa shape index (κ3) is 31.6. The van der Waals surface area contributed by atoms with Crippen LogP contribution >= 0.6 is 23.8 Å². The summed E-state index contributed by atoms with van der Waals surface area (Å²) >= 11 is 0. The van der Waals surface area contributed by atoms with Gasteiger partial charge in [-0.1, -0.05) is 344 Å². The summed E-state index contributed by atoms with van der Waals surface area (Å²) in [6.07, 6.45) is 2.23. The van der Waals surface area contributed by atoms with Crippen molar-refractivity contribution in [1.82, 2.24) is 0 Å². The summed E-state index contributed by atoms with van der Waals surface area (Å²) < 4.78 is 0. The molecule has 5 nitrogen and oxygen atoms in total. The van der Waals surface area contributed by atoms with Gasteiger partial charge in [-0.2, -0.15) is 0 Å². The van der Waals surface area contributed by atoms with Gasteiger partial charge in [-0.15, -0.1) is 26.2 Å². The molecule has 0 aliphatic heterocycles. The molecule has 6 rings (SSSR count). The summed E-state index contributed by atoms with van der Waals surface area (Å²) in [5.74, 6) is -0.0125. The molecular weight excluding hydrogens is 1120 g/mol. The van der Waals surface area contributed by atoms with Gasteiger partial charge in [0.25, 0.3) is 0 Å². The fourth-order valence-electron chi connectivity index (χ4n) is 7.73. The molecule has 0 aromatic heterocycles. The minimum absolute atomic E-state index is 0. The predicted octanol–water partition coefficient (Wildman–Crippen LogP) is 19.8. The van der Waals surface area contributed by atoms with Gasteiger partial charge >= 0.3 is 0 Å². The summed E-state index contributed by atoms with van der Waals surface area (Å²) in [6, 6.07) is 65.0. The Bertz CT molecular complexity index is 2290. The predicted molar refractivity (Wildman–Crippen MR) is 369 cm³/mol. The third-order valence-corrected chi connectivity index (χ3v) is 19.1. The number of benzene rings is 6. The molecule has 0 aliphatic rings. The second kappa shape index (κ2) is 36.1. The van der Waals surface area contributed by atoms with Crippen LogP contribution in [0.1, 0.15) is 137 Å². The van der Waals surface area contributed by atoms with Gasteiger partial charge in [0.2, 0.25) is 0 Å². The van der Waals surface area contributed by atoms with Crippen LogP contribution in [-0.2, 0) is 26.2 Å². The van der Waals surface area contributed by atoms with Crippen molar-refractivity contribution in [3.8, 4) is 0 Å². The van der Waals surface area contributed by atoms with Crippen LogP contribution in [0.15, 0.2) is 187 Å². The Morgan fingerprint density at radius 1 is 0.333 bits per heavy atom. The van der Waals surface area contributed by atoms with Gasteiger partial charge in [0.05, 0.1) is 0 Å². The van der Waals surface area contributed by atoms with Gasteiger partial charge in [0, 0.05) is 46.1 Å². The average molecular weight is 1230 g/mol. The maximum Gasteiger partial charge on any atom is 0.0443 e. The second-order valence-corrected chi connectivity index (χ2v) is 34.4. The van der Waals surface area contributed by atoms with Crippen molar-refractivity contribution in [3.05, 3.63) is 218 Å². The SMILES string of the molecule is CC(C)(C)CCC(=NCC(C)(C)C)P(c1ccccc1)c1ccccc1.CC(C)(C)C[N-]C([N-]CC(C)(C)C)P(c1ccccc1)c1ccccc1.CC(C)(C)C[N-]C([N-]CC(C)(C)C)P(c1ccccc1)c1ccccc1.[CH3-].[CH3-].[Zr]. The molecule has 0 N–H and O–H groups in total. The Morgan fingerprint density at radius 3 is 0.753 bits per heavy atom. The molecule has 0 atom stereocenters. The van der Waals surface area contributed by atoms with Crippen LogP contribution in [0.25, 0.3) is 21.3 Å². The van der Waals surface area contributed by atoms with Gasteiger partial charge in [0.15, 0.2) is 0 Å². The zero-order valence-electron chi connectivity index (χ0n) is 54.0. The Kier molecular flexibility index (Phi) is 33.9. The van der Waals surface area contributed by atoms with E-state index < -0.39 is 23.8 Å². The molecule has 6 aromatic carbocycles. The summed E-state index contributed by atoms with van der Waals surface area (Å²) in [6.45, 7) is 44.8. The van der Waals surface area contributed by atoms with Crippen LogP contribution < -0.4 is 31.8 Å². The van der Waals surface area contributed by atoms with Gasteiger partial charge in [-0.3, -0.25) is 4.99 Å². The van der Waals surface area contributed by atoms with Crippen molar-refractivity contribution in [2.24, 2.45) is 37.5 Å². The van der Waals surface area contributed by atoms with Crippen LogP contribution in [0.4, 0.5) is 0 Å². The Labute approximate surface area is 521 Å². The summed E-state index contributed by atoms with van der Waals surface area (Å²) in [5, 5.41) is 28.6. The van der Waals surface area contributed by atoms with Crippen molar-refractivity contribution < 1.29 is 26.2 Å². The van der Waals surface area contributed by atoms with Crippen molar-refractivity contribution in [2.75, 3.05) is 32.7 Å². The molecular formula is C72H106N5P3Zr-6. The zero-order valence-corrected chi connectivity index (χ0v) is 59.1. The van der Waals surface area contributed by atoms with E-state index in [0.717, 1.165) is 45.6 Å². The summed E-state index contributed by atoms with van der Waals surface area (Å²) in [7, 11) is -1.88. The topological polar surface area (TPSA) is 68.8 Å². The maximum atomic E-state index is 5.20. The van der Waals surface area contributed by atoms with E-state index in [-0.39, 0.29) is 79.9 Å². The zero-order chi connectivity index (χ0) is 57.6. The molecule has 0 aliphatic carbocycles. The summed E-state index contributed by atoms with van der Waals surface area (Å²) in [5.41, 5.74) is 2.59. The number of hydrogen-bond donors (Lipinski definition) is 0. The largest absolute Gasteiger partial charge is 0.673 e. The Morgan fingerprint density at radius 2 is 0.556 bits per heavy atom. The van der Waals surface area contributed by atoms with Crippen molar-refractivity contribution >= 4 is 61.0 Å². The second-order valence-electron chi connectivity index (χ2n) is 27.7. The number of nitrogens with zero attached hydrogens (tertiary/aromatic N) is 5. The molecule has 0 saturated carbocycles. The quantitative estimate of drug-likeness (QED) is 0.0415. The van der Waals surface area contributed by atoms with E-state index in [1.807, 2.05) is 0 Å². The molecule has 0 radical (unpaired) electrons. The fourth-order valence-corrected chi connectivity index (χ4v) is 14.7. The van der Waals surface area contributed by atoms with Gasteiger partial charge in [-0.25, -0.2) is 11.8 Å². The number of hydrogen-bond acceptors (Lipinski definition) is 1. The molecule has 0 heterocycles.